The summed E-state index contributed by atoms with van der Waals surface area (Å²) >= 11 is 0. The Bertz CT molecular complexity index is 1490. The zero-order chi connectivity index (χ0) is 23.1. The van der Waals surface area contributed by atoms with Crippen LogP contribution in [0.5, 0.6) is 0 Å². The van der Waals surface area contributed by atoms with Gasteiger partial charge in [-0.25, -0.2) is 9.97 Å². The van der Waals surface area contributed by atoms with Gasteiger partial charge in [0.05, 0.1) is 17.5 Å². The first-order valence-corrected chi connectivity index (χ1v) is 10.7. The smallest absolute Gasteiger partial charge is 0.254 e. The third-order valence-corrected chi connectivity index (χ3v) is 5.92. The van der Waals surface area contributed by atoms with Gasteiger partial charge in [-0.15, -0.1) is 5.10 Å². The van der Waals surface area contributed by atoms with Crippen LogP contribution in [0.25, 0.3) is 16.8 Å². The first kappa shape index (κ1) is 20.6. The molecule has 1 unspecified atom stereocenters. The van der Waals surface area contributed by atoms with E-state index in [4.69, 9.17) is 10.7 Å². The van der Waals surface area contributed by atoms with Crippen LogP contribution >= 0.6 is 0 Å². The van der Waals surface area contributed by atoms with E-state index in [0.717, 1.165) is 39.4 Å². The summed E-state index contributed by atoms with van der Waals surface area (Å²) < 4.78 is 3.60. The fraction of sp³-hybridized carbons (Fsp3) is 0.208. The zero-order valence-electron chi connectivity index (χ0n) is 18.6. The second-order valence-corrected chi connectivity index (χ2v) is 8.05. The monoisotopic (exact) mass is 440 g/mol. The van der Waals surface area contributed by atoms with Gasteiger partial charge < -0.3 is 15.6 Å². The molecule has 9 nitrogen and oxygen atoms in total. The van der Waals surface area contributed by atoms with Gasteiger partial charge in [-0.3, -0.25) is 4.79 Å². The molecular weight excluding hydrogens is 416 g/mol. The Hall–Kier alpha value is -4.27. The Balaban J connectivity index is 1.51. The van der Waals surface area contributed by atoms with Crippen LogP contribution in [0.3, 0.4) is 0 Å². The second-order valence-electron chi connectivity index (χ2n) is 8.05. The van der Waals surface area contributed by atoms with Gasteiger partial charge in [-0.2, -0.15) is 9.50 Å². The topological polar surface area (TPSA) is 116 Å². The Kier molecular flexibility index (Phi) is 5.01. The van der Waals surface area contributed by atoms with E-state index in [9.17, 15) is 4.79 Å². The molecule has 3 heterocycles. The zero-order valence-corrected chi connectivity index (χ0v) is 18.6. The van der Waals surface area contributed by atoms with Crippen molar-refractivity contribution in [1.82, 2.24) is 34.4 Å². The molecule has 0 radical (unpaired) electrons. The number of aromatic nitrogens is 6. The van der Waals surface area contributed by atoms with Crippen molar-refractivity contribution in [3.05, 3.63) is 82.9 Å². The Morgan fingerprint density at radius 1 is 1.03 bits per heavy atom. The molecule has 33 heavy (non-hydrogen) atoms. The number of nitrogens with one attached hydrogen (secondary N) is 1. The van der Waals surface area contributed by atoms with Gasteiger partial charge >= 0.3 is 0 Å². The maximum absolute atomic E-state index is 13.3. The van der Waals surface area contributed by atoms with Gasteiger partial charge in [-0.05, 0) is 31.5 Å². The minimum absolute atomic E-state index is 0.142. The van der Waals surface area contributed by atoms with Gasteiger partial charge in [0.1, 0.15) is 11.9 Å². The van der Waals surface area contributed by atoms with Crippen LogP contribution in [0.1, 0.15) is 34.4 Å². The molecule has 0 fully saturated rings. The molecular formula is C24H24N8O. The average Bonchev–Trinajstić information content (AvgIpc) is 3.35. The van der Waals surface area contributed by atoms with Crippen molar-refractivity contribution in [2.75, 3.05) is 5.73 Å². The van der Waals surface area contributed by atoms with Crippen molar-refractivity contribution >= 4 is 28.7 Å². The molecule has 0 bridgehead atoms. The van der Waals surface area contributed by atoms with E-state index in [2.05, 4.69) is 20.4 Å². The van der Waals surface area contributed by atoms with E-state index in [1.54, 1.807) is 4.52 Å². The van der Waals surface area contributed by atoms with Crippen LogP contribution in [0.15, 0.2) is 54.6 Å². The molecule has 1 amide bonds. The molecule has 3 N–H and O–H groups in total. The van der Waals surface area contributed by atoms with Crippen LogP contribution in [0, 0.1) is 13.8 Å². The van der Waals surface area contributed by atoms with E-state index in [0.29, 0.717) is 5.78 Å². The van der Waals surface area contributed by atoms with Gasteiger partial charge in [0.15, 0.2) is 0 Å². The Morgan fingerprint density at radius 3 is 2.52 bits per heavy atom. The number of fused-ring (bicyclic) bond motifs is 2. The maximum atomic E-state index is 13.3. The number of anilines is 1. The number of benzene rings is 2. The first-order valence-electron chi connectivity index (χ1n) is 10.7. The predicted octanol–water partition coefficient (Wildman–Crippen LogP) is 2.66. The van der Waals surface area contributed by atoms with E-state index in [1.165, 1.54) is 0 Å². The van der Waals surface area contributed by atoms with Crippen LogP contribution in [-0.4, -0.2) is 35.0 Å². The summed E-state index contributed by atoms with van der Waals surface area (Å²) in [6.07, 6.45) is 0.146. The lowest BCUT2D eigenvalue weighted by atomic mass is 10.0. The number of hydrogen-bond acceptors (Lipinski definition) is 6. The van der Waals surface area contributed by atoms with E-state index < -0.39 is 6.04 Å². The Morgan fingerprint density at radius 2 is 1.76 bits per heavy atom. The fourth-order valence-electron chi connectivity index (χ4n) is 4.22. The number of carbonyl (C=O) groups is 1. The standard InChI is InChI=1S/C24H24N8O/c1-14-17(15(2)32-24(26-14)29-23(25)30-32)13-20(33)28-21(16-9-5-4-6-10-16)22-27-18-11-7-8-12-19(18)31(22)3/h4-12,21H,13H2,1-3H3,(H2,25,30)(H,28,33). The van der Waals surface area contributed by atoms with Gasteiger partial charge in [0.2, 0.25) is 11.9 Å². The summed E-state index contributed by atoms with van der Waals surface area (Å²) in [4.78, 5) is 26.7. The summed E-state index contributed by atoms with van der Waals surface area (Å²) in [5.74, 6) is 1.20. The molecule has 0 aliphatic carbocycles. The van der Waals surface area contributed by atoms with Crippen LogP contribution in [0.2, 0.25) is 0 Å². The quantitative estimate of drug-likeness (QED) is 0.434. The van der Waals surface area contributed by atoms with Gasteiger partial charge in [-0.1, -0.05) is 42.5 Å². The minimum Gasteiger partial charge on any atom is -0.366 e. The van der Waals surface area contributed by atoms with Crippen molar-refractivity contribution in [3.63, 3.8) is 0 Å². The summed E-state index contributed by atoms with van der Waals surface area (Å²) in [7, 11) is 1.97. The highest BCUT2D eigenvalue weighted by atomic mass is 16.1. The molecule has 2 aromatic carbocycles. The second kappa shape index (κ2) is 8.01. The van der Waals surface area contributed by atoms with Crippen molar-refractivity contribution in [1.29, 1.82) is 0 Å². The molecule has 1 atom stereocenters. The number of aryl methyl sites for hydroxylation is 3. The largest absolute Gasteiger partial charge is 0.366 e. The fourth-order valence-corrected chi connectivity index (χ4v) is 4.22. The molecule has 0 aliphatic rings. The van der Waals surface area contributed by atoms with E-state index in [1.807, 2.05) is 80.1 Å². The SMILES string of the molecule is Cc1nc2nc(N)nn2c(C)c1CC(=O)NC(c1ccccc1)c1nc2ccccc2n1C. The normalized spacial score (nSPS) is 12.3. The molecule has 5 rings (SSSR count). The third kappa shape index (κ3) is 3.67. The molecule has 0 spiro atoms. The number of nitrogen functional groups attached to an aromatic ring is 1. The lowest BCUT2D eigenvalue weighted by Crippen LogP contribution is -2.32. The molecule has 0 saturated heterocycles. The lowest BCUT2D eigenvalue weighted by Gasteiger charge is -2.20. The number of rotatable bonds is 5. The molecule has 5 aromatic rings. The highest BCUT2D eigenvalue weighted by Gasteiger charge is 2.24. The average molecular weight is 441 g/mol. The number of hydrogen-bond donors (Lipinski definition) is 2. The van der Waals surface area contributed by atoms with E-state index >= 15 is 0 Å². The van der Waals surface area contributed by atoms with Crippen molar-refractivity contribution < 1.29 is 4.79 Å². The predicted molar refractivity (Wildman–Crippen MR) is 126 cm³/mol. The maximum Gasteiger partial charge on any atom is 0.254 e. The van der Waals surface area contributed by atoms with Gasteiger partial charge in [0.25, 0.3) is 5.78 Å². The molecule has 166 valence electrons. The number of imidazole rings is 1. The number of amides is 1. The first-order chi connectivity index (χ1) is 15.9. The summed E-state index contributed by atoms with van der Waals surface area (Å²) in [5, 5.41) is 7.38. The molecule has 3 aromatic heterocycles. The van der Waals surface area contributed by atoms with Crippen molar-refractivity contribution in [2.45, 2.75) is 26.3 Å². The number of nitrogens with two attached hydrogens (primary N) is 1. The van der Waals surface area contributed by atoms with Crippen molar-refractivity contribution in [3.8, 4) is 0 Å². The van der Waals surface area contributed by atoms with Gasteiger partial charge in [0, 0.05) is 24.0 Å². The van der Waals surface area contributed by atoms with Crippen LogP contribution < -0.4 is 11.1 Å². The van der Waals surface area contributed by atoms with Crippen LogP contribution in [0.4, 0.5) is 5.95 Å². The highest BCUT2D eigenvalue weighted by Crippen LogP contribution is 2.25. The summed E-state index contributed by atoms with van der Waals surface area (Å²) in [6, 6.07) is 17.4. The number of para-hydroxylation sites is 2. The summed E-state index contributed by atoms with van der Waals surface area (Å²) in [5.41, 5.74) is 10.9. The number of carbonyl (C=O) groups excluding carboxylic acids is 1. The minimum atomic E-state index is -0.407. The van der Waals surface area contributed by atoms with E-state index in [-0.39, 0.29) is 18.3 Å². The Labute approximate surface area is 190 Å². The number of nitrogens with zero attached hydrogens (tertiary/aromatic N) is 6. The van der Waals surface area contributed by atoms with Crippen molar-refractivity contribution in [2.24, 2.45) is 7.05 Å². The summed E-state index contributed by atoms with van der Waals surface area (Å²) in [6.45, 7) is 3.75. The molecule has 0 aliphatic heterocycles. The van der Waals surface area contributed by atoms with Crippen LogP contribution in [-0.2, 0) is 18.3 Å². The highest BCUT2D eigenvalue weighted by molar-refractivity contribution is 5.81. The lowest BCUT2D eigenvalue weighted by molar-refractivity contribution is -0.121. The third-order valence-electron chi connectivity index (χ3n) is 5.92. The molecule has 0 saturated carbocycles. The molecule has 9 heteroatoms.